The molecule has 16 heavy (non-hydrogen) atoms. The van der Waals surface area contributed by atoms with Crippen molar-refractivity contribution in [2.75, 3.05) is 0 Å². The van der Waals surface area contributed by atoms with Crippen molar-refractivity contribution >= 4 is 0 Å². The highest BCUT2D eigenvalue weighted by molar-refractivity contribution is 4.98. The predicted octanol–water partition coefficient (Wildman–Crippen LogP) is 4.24. The van der Waals surface area contributed by atoms with Crippen LogP contribution in [0.1, 0.15) is 59.5 Å². The van der Waals surface area contributed by atoms with Crippen molar-refractivity contribution in [1.82, 2.24) is 4.98 Å². The zero-order valence-corrected chi connectivity index (χ0v) is 11.6. The topological polar surface area (TPSA) is 26.0 Å². The van der Waals surface area contributed by atoms with Gasteiger partial charge in [-0.15, -0.1) is 0 Å². The number of hydrogen-bond acceptors (Lipinski definition) is 2. The van der Waals surface area contributed by atoms with Crippen LogP contribution in [0.25, 0.3) is 0 Å². The van der Waals surface area contributed by atoms with Crippen molar-refractivity contribution in [3.05, 3.63) is 17.8 Å². The summed E-state index contributed by atoms with van der Waals surface area (Å²) in [6.07, 6.45) is 4.88. The van der Waals surface area contributed by atoms with Gasteiger partial charge in [-0.2, -0.15) is 0 Å². The van der Waals surface area contributed by atoms with Crippen LogP contribution in [0.2, 0.25) is 0 Å². The molecule has 1 aromatic heterocycles. The Balaban J connectivity index is 2.52. The van der Waals surface area contributed by atoms with Crippen LogP contribution in [0.5, 0.6) is 0 Å². The minimum atomic E-state index is 0.242. The Bertz CT molecular complexity index is 325. The van der Waals surface area contributed by atoms with E-state index < -0.39 is 0 Å². The van der Waals surface area contributed by atoms with Gasteiger partial charge in [0.15, 0.2) is 5.89 Å². The van der Waals surface area contributed by atoms with E-state index in [1.807, 2.05) is 6.26 Å². The summed E-state index contributed by atoms with van der Waals surface area (Å²) in [6.45, 7) is 13.4. The first-order valence-electron chi connectivity index (χ1n) is 6.09. The zero-order valence-electron chi connectivity index (χ0n) is 11.6. The van der Waals surface area contributed by atoms with Gasteiger partial charge in [-0.05, 0) is 23.7 Å². The lowest BCUT2D eigenvalue weighted by atomic mass is 9.90. The monoisotopic (exact) mass is 223 g/mol. The van der Waals surface area contributed by atoms with Crippen molar-refractivity contribution < 1.29 is 4.42 Å². The molecule has 0 saturated heterocycles. The highest BCUT2D eigenvalue weighted by atomic mass is 16.3. The van der Waals surface area contributed by atoms with E-state index in [4.69, 9.17) is 4.42 Å². The van der Waals surface area contributed by atoms with Crippen molar-refractivity contribution in [3.63, 3.8) is 0 Å². The summed E-state index contributed by atoms with van der Waals surface area (Å²) in [6, 6.07) is 0. The normalized spacial score (nSPS) is 13.1. The Morgan fingerprint density at radius 2 is 1.69 bits per heavy atom. The SMILES string of the molecule is CC(C)(C)CCc1coc(CC(C)(C)C)n1. The molecule has 1 rings (SSSR count). The summed E-state index contributed by atoms with van der Waals surface area (Å²) >= 11 is 0. The van der Waals surface area contributed by atoms with Crippen LogP contribution in [0, 0.1) is 10.8 Å². The molecule has 92 valence electrons. The Hall–Kier alpha value is -0.790. The molecule has 0 bridgehead atoms. The van der Waals surface area contributed by atoms with Crippen LogP contribution >= 0.6 is 0 Å². The number of nitrogens with zero attached hydrogens (tertiary/aromatic N) is 1. The van der Waals surface area contributed by atoms with Crippen molar-refractivity contribution in [1.29, 1.82) is 0 Å². The molecule has 0 fully saturated rings. The lowest BCUT2D eigenvalue weighted by molar-refractivity contribution is 0.354. The van der Waals surface area contributed by atoms with E-state index in [0.717, 1.165) is 30.8 Å². The van der Waals surface area contributed by atoms with E-state index in [1.165, 1.54) is 0 Å². The third kappa shape index (κ3) is 5.34. The van der Waals surface area contributed by atoms with E-state index in [-0.39, 0.29) is 5.41 Å². The van der Waals surface area contributed by atoms with E-state index in [2.05, 4.69) is 46.5 Å². The molecule has 0 aliphatic heterocycles. The lowest BCUT2D eigenvalue weighted by Gasteiger charge is -2.16. The number of hydrogen-bond donors (Lipinski definition) is 0. The van der Waals surface area contributed by atoms with Crippen LogP contribution in [-0.4, -0.2) is 4.98 Å². The molecule has 0 aliphatic rings. The summed E-state index contributed by atoms with van der Waals surface area (Å²) in [5, 5.41) is 0. The summed E-state index contributed by atoms with van der Waals surface area (Å²) in [7, 11) is 0. The van der Waals surface area contributed by atoms with Crippen molar-refractivity contribution in [3.8, 4) is 0 Å². The van der Waals surface area contributed by atoms with Gasteiger partial charge in [0.25, 0.3) is 0 Å². The van der Waals surface area contributed by atoms with Gasteiger partial charge in [0.05, 0.1) is 5.69 Å². The molecule has 2 nitrogen and oxygen atoms in total. The molecule has 2 heteroatoms. The number of aryl methyl sites for hydroxylation is 1. The summed E-state index contributed by atoms with van der Waals surface area (Å²) in [5.74, 6) is 0.872. The average Bonchev–Trinajstić information content (AvgIpc) is 2.44. The molecule has 0 aliphatic carbocycles. The fraction of sp³-hybridized carbons (Fsp3) is 0.786. The second kappa shape index (κ2) is 4.60. The molecule has 1 heterocycles. The second-order valence-electron chi connectivity index (χ2n) is 7.03. The third-order valence-corrected chi connectivity index (χ3v) is 2.41. The standard InChI is InChI=1S/C14H25NO/c1-13(2,3)8-7-11-10-16-12(15-11)9-14(4,5)6/h10H,7-9H2,1-6H3. The van der Waals surface area contributed by atoms with Crippen LogP contribution < -0.4 is 0 Å². The van der Waals surface area contributed by atoms with Gasteiger partial charge in [0.2, 0.25) is 0 Å². The molecule has 0 N–H and O–H groups in total. The van der Waals surface area contributed by atoms with Crippen LogP contribution in [0.3, 0.4) is 0 Å². The Labute approximate surface area is 99.5 Å². The highest BCUT2D eigenvalue weighted by Gasteiger charge is 2.16. The largest absolute Gasteiger partial charge is 0.449 e. The molecule has 0 aromatic carbocycles. The van der Waals surface area contributed by atoms with Gasteiger partial charge < -0.3 is 4.42 Å². The lowest BCUT2D eigenvalue weighted by Crippen LogP contribution is -2.10. The van der Waals surface area contributed by atoms with Gasteiger partial charge in [-0.3, -0.25) is 0 Å². The first-order chi connectivity index (χ1) is 7.16. The minimum Gasteiger partial charge on any atom is -0.449 e. The van der Waals surface area contributed by atoms with Crippen molar-refractivity contribution in [2.24, 2.45) is 10.8 Å². The Kier molecular flexibility index (Phi) is 3.82. The average molecular weight is 223 g/mol. The molecule has 0 amide bonds. The Morgan fingerprint density at radius 1 is 1.06 bits per heavy atom. The minimum absolute atomic E-state index is 0.242. The van der Waals surface area contributed by atoms with E-state index in [1.54, 1.807) is 0 Å². The van der Waals surface area contributed by atoms with Crippen LogP contribution in [0.15, 0.2) is 10.7 Å². The molecule has 0 radical (unpaired) electrons. The number of oxazole rings is 1. The maximum Gasteiger partial charge on any atom is 0.194 e. The number of rotatable bonds is 3. The van der Waals surface area contributed by atoms with Crippen molar-refractivity contribution in [2.45, 2.75) is 60.8 Å². The van der Waals surface area contributed by atoms with Gasteiger partial charge in [0.1, 0.15) is 6.26 Å². The first kappa shape index (κ1) is 13.3. The molecule has 0 spiro atoms. The zero-order chi connectivity index (χ0) is 12.4. The molecule has 0 unspecified atom stereocenters. The molecule has 0 atom stereocenters. The van der Waals surface area contributed by atoms with E-state index in [9.17, 15) is 0 Å². The van der Waals surface area contributed by atoms with Gasteiger partial charge in [0, 0.05) is 6.42 Å². The predicted molar refractivity (Wildman–Crippen MR) is 67.4 cm³/mol. The molecular formula is C14H25NO. The highest BCUT2D eigenvalue weighted by Crippen LogP contribution is 2.23. The fourth-order valence-electron chi connectivity index (χ4n) is 1.50. The molecular weight excluding hydrogens is 198 g/mol. The third-order valence-electron chi connectivity index (χ3n) is 2.41. The molecule has 1 aromatic rings. The van der Waals surface area contributed by atoms with Gasteiger partial charge in [-0.1, -0.05) is 41.5 Å². The first-order valence-corrected chi connectivity index (χ1v) is 6.09. The number of aromatic nitrogens is 1. The quantitative estimate of drug-likeness (QED) is 0.766. The maximum atomic E-state index is 5.49. The van der Waals surface area contributed by atoms with Crippen LogP contribution in [0.4, 0.5) is 0 Å². The van der Waals surface area contributed by atoms with E-state index in [0.29, 0.717) is 5.41 Å². The summed E-state index contributed by atoms with van der Waals surface area (Å²) in [5.41, 5.74) is 1.70. The second-order valence-corrected chi connectivity index (χ2v) is 7.03. The van der Waals surface area contributed by atoms with Gasteiger partial charge >= 0.3 is 0 Å². The molecule has 0 saturated carbocycles. The van der Waals surface area contributed by atoms with E-state index >= 15 is 0 Å². The smallest absolute Gasteiger partial charge is 0.194 e. The summed E-state index contributed by atoms with van der Waals surface area (Å²) < 4.78 is 5.49. The fourth-order valence-corrected chi connectivity index (χ4v) is 1.50. The van der Waals surface area contributed by atoms with Gasteiger partial charge in [-0.25, -0.2) is 4.98 Å². The van der Waals surface area contributed by atoms with Crippen LogP contribution in [-0.2, 0) is 12.8 Å². The maximum absolute atomic E-state index is 5.49. The summed E-state index contributed by atoms with van der Waals surface area (Å²) in [4.78, 5) is 4.53. The Morgan fingerprint density at radius 3 is 2.19 bits per heavy atom.